The number of aromatic nitrogens is 4. The zero-order chi connectivity index (χ0) is 20.4. The number of rotatable bonds is 3. The molecule has 0 aliphatic carbocycles. The van der Waals surface area contributed by atoms with Gasteiger partial charge in [-0.05, 0) is 56.9 Å². The summed E-state index contributed by atoms with van der Waals surface area (Å²) in [5.74, 6) is -0.299. The third kappa shape index (κ3) is 3.56. The summed E-state index contributed by atoms with van der Waals surface area (Å²) in [6, 6.07) is 9.02. The lowest BCUT2D eigenvalue weighted by Gasteiger charge is -2.35. The molecule has 6 nitrogen and oxygen atoms in total. The second kappa shape index (κ2) is 7.69. The number of anilines is 1. The molecule has 3 atom stereocenters. The molecular weight excluding hydrogens is 435 g/mol. The minimum atomic E-state index is -0.299. The molecule has 2 aliphatic rings. The molecule has 0 unspecified atom stereocenters. The first kappa shape index (κ1) is 20.6. The largest absolute Gasteiger partial charge is 0.348 e. The Labute approximate surface area is 189 Å². The summed E-state index contributed by atoms with van der Waals surface area (Å²) in [6.07, 6.45) is 6.66. The number of nitrogens with zero attached hydrogens (tertiary/aromatic N) is 5. The highest BCUT2D eigenvalue weighted by Crippen LogP contribution is 2.37. The zero-order valence-corrected chi connectivity index (χ0v) is 19.0. The third-order valence-electron chi connectivity index (χ3n) is 6.47. The van der Waals surface area contributed by atoms with Gasteiger partial charge in [-0.25, -0.2) is 18.9 Å². The first-order chi connectivity index (χ1) is 14.5. The van der Waals surface area contributed by atoms with Crippen LogP contribution in [-0.2, 0) is 0 Å². The molecule has 1 aromatic carbocycles. The van der Waals surface area contributed by atoms with Gasteiger partial charge in [0.1, 0.15) is 5.52 Å². The van der Waals surface area contributed by atoms with Gasteiger partial charge < -0.3 is 10.2 Å². The second-order valence-electron chi connectivity index (χ2n) is 8.58. The van der Waals surface area contributed by atoms with E-state index < -0.39 is 0 Å². The van der Waals surface area contributed by atoms with Crippen molar-refractivity contribution in [2.24, 2.45) is 0 Å². The highest BCUT2D eigenvalue weighted by atomic mass is 35.5. The van der Waals surface area contributed by atoms with Crippen LogP contribution in [0.1, 0.15) is 31.4 Å². The molecule has 2 bridgehead atoms. The Morgan fingerprint density at radius 2 is 1.94 bits per heavy atom. The van der Waals surface area contributed by atoms with Crippen LogP contribution in [0.4, 0.5) is 9.52 Å². The lowest BCUT2D eigenvalue weighted by Crippen LogP contribution is -2.47. The lowest BCUT2D eigenvalue weighted by molar-refractivity contribution is 0.354. The smallest absolute Gasteiger partial charge is 0.186 e. The molecule has 1 N–H and O–H groups in total. The number of aryl methyl sites for hydroxylation is 1. The number of imidazole rings is 1. The molecule has 0 saturated carbocycles. The van der Waals surface area contributed by atoms with Crippen molar-refractivity contribution in [1.29, 1.82) is 0 Å². The molecule has 2 fully saturated rings. The molecule has 9 heteroatoms. The number of hydrogen-bond donors (Lipinski definition) is 1. The minimum absolute atomic E-state index is 0. The Balaban J connectivity index is 0.00000204. The minimum Gasteiger partial charge on any atom is -0.348 e. The molecular formula is C22H24ClFN6S. The fraction of sp³-hybridized carbons (Fsp3) is 0.409. The summed E-state index contributed by atoms with van der Waals surface area (Å²) in [4.78, 5) is 11.3. The van der Waals surface area contributed by atoms with Crippen LogP contribution < -0.4 is 10.2 Å². The van der Waals surface area contributed by atoms with Crippen molar-refractivity contribution in [3.05, 3.63) is 42.0 Å². The van der Waals surface area contributed by atoms with E-state index in [0.29, 0.717) is 23.6 Å². The first-order valence-electron chi connectivity index (χ1n) is 10.5. The van der Waals surface area contributed by atoms with Gasteiger partial charge in [-0.1, -0.05) is 11.3 Å². The molecule has 5 heterocycles. The van der Waals surface area contributed by atoms with E-state index in [1.54, 1.807) is 15.9 Å². The van der Waals surface area contributed by atoms with Gasteiger partial charge in [-0.3, -0.25) is 0 Å². The summed E-state index contributed by atoms with van der Waals surface area (Å²) in [6.45, 7) is 1.93. The van der Waals surface area contributed by atoms with Crippen LogP contribution in [0, 0.1) is 12.7 Å². The summed E-state index contributed by atoms with van der Waals surface area (Å²) in [7, 11) is 2.10. The van der Waals surface area contributed by atoms with E-state index in [-0.39, 0.29) is 18.2 Å². The Morgan fingerprint density at radius 1 is 1.16 bits per heavy atom. The molecule has 162 valence electrons. The topological polar surface area (TPSA) is 58.4 Å². The van der Waals surface area contributed by atoms with Crippen LogP contribution >= 0.6 is 23.7 Å². The normalized spacial score (nSPS) is 22.7. The SMILES string of the molecule is Cc1cn2nc(-c3cc(F)c4nc(N(C)[C@@H]5C[C@H]6CC[C@@H](C5)N6)sc4c3)ccc2n1.Cl. The van der Waals surface area contributed by atoms with Crippen molar-refractivity contribution in [2.45, 2.75) is 50.7 Å². The molecule has 0 radical (unpaired) electrons. The van der Waals surface area contributed by atoms with Crippen molar-refractivity contribution in [1.82, 2.24) is 24.9 Å². The summed E-state index contributed by atoms with van der Waals surface area (Å²) in [5.41, 5.74) is 3.62. The number of nitrogens with one attached hydrogen (secondary N) is 1. The fourth-order valence-electron chi connectivity index (χ4n) is 4.93. The maximum Gasteiger partial charge on any atom is 0.186 e. The van der Waals surface area contributed by atoms with Crippen LogP contribution in [0.3, 0.4) is 0 Å². The van der Waals surface area contributed by atoms with Crippen molar-refractivity contribution < 1.29 is 4.39 Å². The number of fused-ring (bicyclic) bond motifs is 4. The van der Waals surface area contributed by atoms with Crippen molar-refractivity contribution >= 4 is 44.7 Å². The Hall–Kier alpha value is -2.29. The molecule has 31 heavy (non-hydrogen) atoms. The summed E-state index contributed by atoms with van der Waals surface area (Å²) >= 11 is 1.56. The molecule has 2 saturated heterocycles. The Kier molecular flexibility index (Phi) is 5.11. The van der Waals surface area contributed by atoms with Crippen LogP contribution in [0.25, 0.3) is 27.1 Å². The van der Waals surface area contributed by atoms with Gasteiger partial charge in [0.05, 0.1) is 22.3 Å². The monoisotopic (exact) mass is 458 g/mol. The predicted molar refractivity (Wildman–Crippen MR) is 125 cm³/mol. The van der Waals surface area contributed by atoms with E-state index in [2.05, 4.69) is 32.3 Å². The van der Waals surface area contributed by atoms with Crippen LogP contribution in [0.2, 0.25) is 0 Å². The zero-order valence-electron chi connectivity index (χ0n) is 17.4. The quantitative estimate of drug-likeness (QED) is 0.486. The standard InChI is InChI=1S/C22H23FN6S.ClH/c1-12-11-29-20(24-12)6-5-18(27-29)13-7-17(23)21-19(8-13)30-22(26-21)28(2)16-9-14-3-4-15(10-16)25-14;/h5-8,11,14-16,25H,3-4,9-10H2,1-2H3;1H/t14-,15+,16-;. The van der Waals surface area contributed by atoms with Gasteiger partial charge in [0.15, 0.2) is 16.6 Å². The molecule has 6 rings (SSSR count). The van der Waals surface area contributed by atoms with Gasteiger partial charge >= 0.3 is 0 Å². The fourth-order valence-corrected chi connectivity index (χ4v) is 5.98. The van der Waals surface area contributed by atoms with E-state index in [1.165, 1.54) is 18.9 Å². The van der Waals surface area contributed by atoms with E-state index in [0.717, 1.165) is 45.3 Å². The van der Waals surface area contributed by atoms with E-state index in [9.17, 15) is 4.39 Å². The maximum atomic E-state index is 15.0. The van der Waals surface area contributed by atoms with Crippen molar-refractivity contribution in [2.75, 3.05) is 11.9 Å². The number of hydrogen-bond acceptors (Lipinski definition) is 6. The highest BCUT2D eigenvalue weighted by molar-refractivity contribution is 7.22. The van der Waals surface area contributed by atoms with Gasteiger partial charge in [0, 0.05) is 30.7 Å². The predicted octanol–water partition coefficient (Wildman–Crippen LogP) is 4.59. The molecule has 3 aromatic heterocycles. The average molecular weight is 459 g/mol. The van der Waals surface area contributed by atoms with Crippen LogP contribution in [0.5, 0.6) is 0 Å². The van der Waals surface area contributed by atoms with Crippen molar-refractivity contribution in [3.63, 3.8) is 0 Å². The van der Waals surface area contributed by atoms with Crippen LogP contribution in [-0.4, -0.2) is 44.8 Å². The molecule has 0 amide bonds. The van der Waals surface area contributed by atoms with E-state index >= 15 is 0 Å². The highest BCUT2D eigenvalue weighted by Gasteiger charge is 2.35. The average Bonchev–Trinajstić information content (AvgIpc) is 3.42. The molecule has 2 aliphatic heterocycles. The number of benzene rings is 1. The molecule has 4 aromatic rings. The van der Waals surface area contributed by atoms with Crippen molar-refractivity contribution in [3.8, 4) is 11.3 Å². The number of piperidine rings is 1. The molecule has 0 spiro atoms. The van der Waals surface area contributed by atoms with Gasteiger partial charge in [-0.2, -0.15) is 5.10 Å². The number of thiazole rings is 1. The first-order valence-corrected chi connectivity index (χ1v) is 11.3. The Morgan fingerprint density at radius 3 is 2.71 bits per heavy atom. The van der Waals surface area contributed by atoms with Gasteiger partial charge in [0.25, 0.3) is 0 Å². The van der Waals surface area contributed by atoms with E-state index in [1.807, 2.05) is 31.3 Å². The van der Waals surface area contributed by atoms with E-state index in [4.69, 9.17) is 0 Å². The third-order valence-corrected chi connectivity index (χ3v) is 7.56. The van der Waals surface area contributed by atoms with Gasteiger partial charge in [-0.15, -0.1) is 12.4 Å². The maximum absolute atomic E-state index is 15.0. The van der Waals surface area contributed by atoms with Crippen LogP contribution in [0.15, 0.2) is 30.5 Å². The number of halogens is 2. The van der Waals surface area contributed by atoms with Gasteiger partial charge in [0.2, 0.25) is 0 Å². The summed E-state index contributed by atoms with van der Waals surface area (Å²) in [5, 5.41) is 9.18. The summed E-state index contributed by atoms with van der Waals surface area (Å²) < 4.78 is 17.6. The second-order valence-corrected chi connectivity index (χ2v) is 9.59. The Bertz CT molecular complexity index is 1260. The lowest BCUT2D eigenvalue weighted by atomic mass is 9.99.